The minimum absolute atomic E-state index is 0.0366. The van der Waals surface area contributed by atoms with E-state index < -0.39 is 37.1 Å². The maximum Gasteiger partial charge on any atom is 0.258 e. The molecule has 1 aromatic carbocycles. The van der Waals surface area contributed by atoms with Crippen LogP contribution in [-0.4, -0.2) is 70.6 Å². The van der Waals surface area contributed by atoms with Crippen molar-refractivity contribution in [2.24, 2.45) is 0 Å². The minimum atomic E-state index is -1.36. The first kappa shape index (κ1) is 26.6. The molecule has 39 heavy (non-hydrogen) atoms. The lowest BCUT2D eigenvalue weighted by Gasteiger charge is -2.19. The van der Waals surface area contributed by atoms with Crippen molar-refractivity contribution in [2.45, 2.75) is 57.6 Å². The third-order valence-corrected chi connectivity index (χ3v) is 6.52. The first-order valence-electron chi connectivity index (χ1n) is 12.4. The highest BCUT2D eigenvalue weighted by Gasteiger charge is 2.44. The van der Waals surface area contributed by atoms with Gasteiger partial charge in [-0.15, -0.1) is 0 Å². The van der Waals surface area contributed by atoms with Crippen LogP contribution in [0.3, 0.4) is 0 Å². The molecule has 0 radical (unpaired) electrons. The first-order valence-corrected chi connectivity index (χ1v) is 12.4. The topological polar surface area (TPSA) is 165 Å². The Balaban J connectivity index is 1.52. The Hall–Kier alpha value is -3.97. The van der Waals surface area contributed by atoms with Crippen molar-refractivity contribution < 1.29 is 29.6 Å². The summed E-state index contributed by atoms with van der Waals surface area (Å²) in [5.41, 5.74) is 2.63. The fourth-order valence-corrected chi connectivity index (χ4v) is 4.24. The van der Waals surface area contributed by atoms with E-state index in [0.717, 1.165) is 11.3 Å². The normalized spacial score (nSPS) is 21.3. The highest BCUT2D eigenvalue weighted by Crippen LogP contribution is 2.34. The van der Waals surface area contributed by atoms with Gasteiger partial charge in [0.05, 0.1) is 19.1 Å². The molecule has 12 heteroatoms. The van der Waals surface area contributed by atoms with E-state index in [1.807, 2.05) is 19.1 Å². The molecule has 0 spiro atoms. The number of rotatable bonds is 6. The second-order valence-electron chi connectivity index (χ2n) is 10.4. The average Bonchev–Trinajstić information content (AvgIpc) is 3.45. The SMILES string of the molecule is Cc1ccc(Oc2nc(NC(=O)c3ccc(C(C)(C)C)cc3)nc3c2ncn3[C@@H]2O[C@H](CO)[C@@H](O)[C@H]2O)cn1. The van der Waals surface area contributed by atoms with E-state index in [-0.39, 0.29) is 28.4 Å². The highest BCUT2D eigenvalue weighted by molar-refractivity contribution is 6.03. The zero-order chi connectivity index (χ0) is 27.9. The van der Waals surface area contributed by atoms with Gasteiger partial charge in [-0.2, -0.15) is 9.97 Å². The van der Waals surface area contributed by atoms with Gasteiger partial charge in [0, 0.05) is 11.3 Å². The zero-order valence-corrected chi connectivity index (χ0v) is 21.9. The van der Waals surface area contributed by atoms with E-state index in [1.54, 1.807) is 24.3 Å². The number of fused-ring (bicyclic) bond motifs is 1. The average molecular weight is 535 g/mol. The molecule has 1 aliphatic rings. The number of benzene rings is 1. The summed E-state index contributed by atoms with van der Waals surface area (Å²) in [5.74, 6) is -0.0830. The van der Waals surface area contributed by atoms with Crippen LogP contribution in [0.4, 0.5) is 5.95 Å². The number of pyridine rings is 1. The van der Waals surface area contributed by atoms with Gasteiger partial charge in [-0.05, 0) is 42.2 Å². The summed E-state index contributed by atoms with van der Waals surface area (Å²) in [4.78, 5) is 30.5. The number of carbonyl (C=O) groups excluding carboxylic acids is 1. The number of aliphatic hydroxyl groups is 3. The van der Waals surface area contributed by atoms with Crippen molar-refractivity contribution in [1.29, 1.82) is 0 Å². The van der Waals surface area contributed by atoms with Crippen LogP contribution in [0.1, 0.15) is 48.6 Å². The second kappa shape index (κ2) is 10.3. The highest BCUT2D eigenvalue weighted by atomic mass is 16.6. The van der Waals surface area contributed by atoms with E-state index in [2.05, 4.69) is 46.0 Å². The van der Waals surface area contributed by atoms with E-state index in [1.165, 1.54) is 17.1 Å². The van der Waals surface area contributed by atoms with E-state index in [0.29, 0.717) is 11.3 Å². The van der Waals surface area contributed by atoms with Gasteiger partial charge in [0.25, 0.3) is 11.8 Å². The standard InChI is InChI=1S/C27H30N6O6/c1-14-5-10-17(11-28-14)38-24-19-22(33(13-29-19)25-21(36)20(35)18(12-34)39-25)30-26(32-24)31-23(37)15-6-8-16(9-7-15)27(2,3)4/h5-11,13,18,20-21,25,34-36H,12H2,1-4H3,(H,30,31,32,37)/t18-,20-,21-,25-/m1/s1. The minimum Gasteiger partial charge on any atom is -0.435 e. The Bertz CT molecular complexity index is 1480. The van der Waals surface area contributed by atoms with Crippen LogP contribution < -0.4 is 10.1 Å². The molecule has 4 heterocycles. The number of hydrogen-bond acceptors (Lipinski definition) is 10. The number of carbonyl (C=O) groups is 1. The lowest BCUT2D eigenvalue weighted by Crippen LogP contribution is -2.33. The Morgan fingerprint density at radius 3 is 2.44 bits per heavy atom. The van der Waals surface area contributed by atoms with Gasteiger partial charge in [-0.1, -0.05) is 32.9 Å². The van der Waals surface area contributed by atoms with Crippen molar-refractivity contribution >= 4 is 23.0 Å². The van der Waals surface area contributed by atoms with Crippen molar-refractivity contribution in [2.75, 3.05) is 11.9 Å². The van der Waals surface area contributed by atoms with Gasteiger partial charge >= 0.3 is 0 Å². The number of anilines is 1. The van der Waals surface area contributed by atoms with Crippen molar-refractivity contribution in [1.82, 2.24) is 24.5 Å². The number of aliphatic hydroxyl groups excluding tert-OH is 3. The van der Waals surface area contributed by atoms with Crippen LogP contribution >= 0.6 is 0 Å². The van der Waals surface area contributed by atoms with Gasteiger partial charge < -0.3 is 24.8 Å². The molecule has 1 saturated heterocycles. The molecule has 1 amide bonds. The smallest absolute Gasteiger partial charge is 0.258 e. The number of imidazole rings is 1. The molecule has 5 rings (SSSR count). The second-order valence-corrected chi connectivity index (χ2v) is 10.4. The lowest BCUT2D eigenvalue weighted by molar-refractivity contribution is -0.0511. The Kier molecular flexibility index (Phi) is 7.03. The number of nitrogens with one attached hydrogen (secondary N) is 1. The van der Waals surface area contributed by atoms with E-state index >= 15 is 0 Å². The maximum absolute atomic E-state index is 13.1. The van der Waals surface area contributed by atoms with Gasteiger partial charge in [-0.3, -0.25) is 19.7 Å². The van der Waals surface area contributed by atoms with E-state index in [4.69, 9.17) is 9.47 Å². The Morgan fingerprint density at radius 1 is 1.08 bits per heavy atom. The van der Waals surface area contributed by atoms with E-state index in [9.17, 15) is 20.1 Å². The molecule has 0 unspecified atom stereocenters. The number of aryl methyl sites for hydroxylation is 1. The summed E-state index contributed by atoms with van der Waals surface area (Å²) in [7, 11) is 0. The van der Waals surface area contributed by atoms with Crippen LogP contribution in [0.5, 0.6) is 11.6 Å². The number of aromatic nitrogens is 5. The fraction of sp³-hybridized carbons (Fsp3) is 0.370. The van der Waals surface area contributed by atoms with Crippen molar-refractivity contribution in [3.63, 3.8) is 0 Å². The van der Waals surface area contributed by atoms with Crippen LogP contribution in [0.15, 0.2) is 48.9 Å². The Labute approximate surface area is 224 Å². The molecule has 12 nitrogen and oxygen atoms in total. The monoisotopic (exact) mass is 534 g/mol. The Morgan fingerprint density at radius 2 is 1.82 bits per heavy atom. The van der Waals surface area contributed by atoms with Crippen LogP contribution in [0.25, 0.3) is 11.2 Å². The number of amides is 1. The molecule has 4 atom stereocenters. The third-order valence-electron chi connectivity index (χ3n) is 6.52. The molecule has 4 N–H and O–H groups in total. The van der Waals surface area contributed by atoms with Crippen LogP contribution in [-0.2, 0) is 10.2 Å². The first-order chi connectivity index (χ1) is 18.5. The molecule has 0 saturated carbocycles. The summed E-state index contributed by atoms with van der Waals surface area (Å²) < 4.78 is 13.0. The predicted octanol–water partition coefficient (Wildman–Crippen LogP) is 2.48. The zero-order valence-electron chi connectivity index (χ0n) is 21.9. The predicted molar refractivity (Wildman–Crippen MR) is 140 cm³/mol. The molecule has 1 aliphatic heterocycles. The van der Waals surface area contributed by atoms with Crippen LogP contribution in [0.2, 0.25) is 0 Å². The number of ether oxygens (including phenoxy) is 2. The fourth-order valence-electron chi connectivity index (χ4n) is 4.24. The molecule has 4 aromatic rings. The summed E-state index contributed by atoms with van der Waals surface area (Å²) in [6.45, 7) is 7.63. The maximum atomic E-state index is 13.1. The van der Waals surface area contributed by atoms with Gasteiger partial charge in [0.2, 0.25) is 5.95 Å². The molecule has 0 aliphatic carbocycles. The number of nitrogens with zero attached hydrogens (tertiary/aromatic N) is 5. The summed E-state index contributed by atoms with van der Waals surface area (Å²) in [6, 6.07) is 10.7. The quantitative estimate of drug-likeness (QED) is 0.289. The molecular formula is C27H30N6O6. The summed E-state index contributed by atoms with van der Waals surface area (Å²) in [6.07, 6.45) is -1.88. The van der Waals surface area contributed by atoms with Crippen molar-refractivity contribution in [3.05, 3.63) is 65.7 Å². The summed E-state index contributed by atoms with van der Waals surface area (Å²) >= 11 is 0. The molecule has 3 aromatic heterocycles. The molecule has 204 valence electrons. The molecule has 1 fully saturated rings. The van der Waals surface area contributed by atoms with Crippen molar-refractivity contribution in [3.8, 4) is 11.6 Å². The van der Waals surface area contributed by atoms with Gasteiger partial charge in [-0.25, -0.2) is 4.98 Å². The summed E-state index contributed by atoms with van der Waals surface area (Å²) in [5, 5.41) is 33.0. The van der Waals surface area contributed by atoms with Crippen LogP contribution in [0, 0.1) is 6.92 Å². The van der Waals surface area contributed by atoms with Gasteiger partial charge in [0.15, 0.2) is 17.4 Å². The third kappa shape index (κ3) is 5.32. The number of hydrogen-bond donors (Lipinski definition) is 4. The van der Waals surface area contributed by atoms with Gasteiger partial charge in [0.1, 0.15) is 24.1 Å². The molecular weight excluding hydrogens is 504 g/mol. The lowest BCUT2D eigenvalue weighted by atomic mass is 9.87. The molecule has 0 bridgehead atoms. The largest absolute Gasteiger partial charge is 0.435 e.